The molecular weight excluding hydrogens is 286 g/mol. The number of rotatable bonds is 4. The van der Waals surface area contributed by atoms with Gasteiger partial charge in [0, 0.05) is 12.4 Å². The minimum absolute atomic E-state index is 0.421. The molecule has 0 aromatic carbocycles. The highest BCUT2D eigenvalue weighted by atomic mass is 35.5. The number of nitrogens with one attached hydrogen (secondary N) is 1. The molecule has 0 radical (unpaired) electrons. The van der Waals surface area contributed by atoms with Crippen LogP contribution in [-0.4, -0.2) is 19.4 Å². The van der Waals surface area contributed by atoms with Crippen molar-refractivity contribution < 1.29 is 0 Å². The number of hydrogen-bond donors (Lipinski definition) is 1. The standard InChI is InChI=1S/C15H14ClN5/c16-15-13(6-17-9-19-15)18-5-12-8-21-7-11(10-1-2-10)3-4-14(21)20-12/h3-4,6-10,18H,1-2,5H2. The van der Waals surface area contributed by atoms with Crippen molar-refractivity contribution in [1.29, 1.82) is 0 Å². The van der Waals surface area contributed by atoms with Gasteiger partial charge in [0.1, 0.15) is 12.0 Å². The predicted octanol–water partition coefficient (Wildman–Crippen LogP) is 3.27. The van der Waals surface area contributed by atoms with Gasteiger partial charge in [-0.25, -0.2) is 15.0 Å². The van der Waals surface area contributed by atoms with Crippen molar-refractivity contribution >= 4 is 22.9 Å². The maximum absolute atomic E-state index is 5.99. The summed E-state index contributed by atoms with van der Waals surface area (Å²) in [5, 5.41) is 3.63. The van der Waals surface area contributed by atoms with E-state index >= 15 is 0 Å². The Bertz CT molecular complexity index is 794. The first-order valence-electron chi connectivity index (χ1n) is 6.96. The highest BCUT2D eigenvalue weighted by Crippen LogP contribution is 2.39. The van der Waals surface area contributed by atoms with Crippen LogP contribution in [0.4, 0.5) is 5.69 Å². The number of aromatic nitrogens is 4. The molecule has 1 saturated carbocycles. The SMILES string of the molecule is Clc1ncncc1NCc1cn2cc(C3CC3)ccc2n1. The highest BCUT2D eigenvalue weighted by molar-refractivity contribution is 6.31. The molecule has 21 heavy (non-hydrogen) atoms. The molecule has 1 N–H and O–H groups in total. The lowest BCUT2D eigenvalue weighted by atomic mass is 10.2. The second kappa shape index (κ2) is 5.00. The molecule has 0 saturated heterocycles. The number of fused-ring (bicyclic) bond motifs is 1. The van der Waals surface area contributed by atoms with Gasteiger partial charge in [-0.2, -0.15) is 0 Å². The van der Waals surface area contributed by atoms with Gasteiger partial charge in [0.25, 0.3) is 0 Å². The summed E-state index contributed by atoms with van der Waals surface area (Å²) in [6, 6.07) is 4.26. The van der Waals surface area contributed by atoms with E-state index in [1.54, 1.807) is 6.20 Å². The van der Waals surface area contributed by atoms with E-state index in [0.29, 0.717) is 11.7 Å². The molecular formula is C15H14ClN5. The summed E-state index contributed by atoms with van der Waals surface area (Å²) in [5.74, 6) is 0.749. The molecule has 6 heteroatoms. The fraction of sp³-hybridized carbons (Fsp3) is 0.267. The van der Waals surface area contributed by atoms with Crippen molar-refractivity contribution in [2.45, 2.75) is 25.3 Å². The molecule has 0 aliphatic heterocycles. The smallest absolute Gasteiger partial charge is 0.155 e. The first kappa shape index (κ1) is 12.6. The van der Waals surface area contributed by atoms with E-state index < -0.39 is 0 Å². The summed E-state index contributed by atoms with van der Waals surface area (Å²) >= 11 is 5.99. The van der Waals surface area contributed by atoms with E-state index in [4.69, 9.17) is 11.6 Å². The fourth-order valence-corrected chi connectivity index (χ4v) is 2.58. The van der Waals surface area contributed by atoms with Crippen LogP contribution in [0.1, 0.15) is 30.0 Å². The Morgan fingerprint density at radius 1 is 1.29 bits per heavy atom. The fourth-order valence-electron chi connectivity index (χ4n) is 2.42. The summed E-state index contributed by atoms with van der Waals surface area (Å²) in [5.41, 5.74) is 4.04. The van der Waals surface area contributed by atoms with Crippen LogP contribution in [0.3, 0.4) is 0 Å². The molecule has 106 valence electrons. The van der Waals surface area contributed by atoms with E-state index in [0.717, 1.165) is 22.9 Å². The number of imidazole rings is 1. The lowest BCUT2D eigenvalue weighted by molar-refractivity contribution is 1.05. The van der Waals surface area contributed by atoms with Gasteiger partial charge in [-0.3, -0.25) is 0 Å². The van der Waals surface area contributed by atoms with Gasteiger partial charge >= 0.3 is 0 Å². The Balaban J connectivity index is 1.55. The van der Waals surface area contributed by atoms with E-state index in [1.165, 1.54) is 24.7 Å². The molecule has 4 rings (SSSR count). The minimum atomic E-state index is 0.421. The Hall–Kier alpha value is -2.14. The van der Waals surface area contributed by atoms with Gasteiger partial charge in [-0.1, -0.05) is 17.7 Å². The normalized spacial score (nSPS) is 14.5. The third-order valence-electron chi connectivity index (χ3n) is 3.70. The minimum Gasteiger partial charge on any atom is -0.376 e. The zero-order valence-electron chi connectivity index (χ0n) is 11.3. The van der Waals surface area contributed by atoms with E-state index in [9.17, 15) is 0 Å². The summed E-state index contributed by atoms with van der Waals surface area (Å²) in [6.45, 7) is 0.591. The number of anilines is 1. The number of nitrogens with zero attached hydrogens (tertiary/aromatic N) is 4. The summed E-state index contributed by atoms with van der Waals surface area (Å²) in [6.07, 6.45) is 9.93. The summed E-state index contributed by atoms with van der Waals surface area (Å²) < 4.78 is 2.09. The van der Waals surface area contributed by atoms with Gasteiger partial charge in [0.05, 0.1) is 24.1 Å². The zero-order chi connectivity index (χ0) is 14.2. The van der Waals surface area contributed by atoms with Crippen molar-refractivity contribution in [3.05, 3.63) is 53.5 Å². The molecule has 1 fully saturated rings. The quantitative estimate of drug-likeness (QED) is 0.751. The van der Waals surface area contributed by atoms with Crippen LogP contribution in [0.15, 0.2) is 37.1 Å². The van der Waals surface area contributed by atoms with Crippen LogP contribution in [0, 0.1) is 0 Å². The van der Waals surface area contributed by atoms with Crippen molar-refractivity contribution in [1.82, 2.24) is 19.4 Å². The maximum Gasteiger partial charge on any atom is 0.155 e. The summed E-state index contributed by atoms with van der Waals surface area (Å²) in [7, 11) is 0. The molecule has 0 spiro atoms. The average Bonchev–Trinajstić information content (AvgIpc) is 3.26. The molecule has 3 heterocycles. The lowest BCUT2D eigenvalue weighted by Gasteiger charge is -2.04. The van der Waals surface area contributed by atoms with Crippen molar-refractivity contribution in [3.8, 4) is 0 Å². The molecule has 3 aromatic heterocycles. The van der Waals surface area contributed by atoms with Gasteiger partial charge in [-0.05, 0) is 30.4 Å². The lowest BCUT2D eigenvalue weighted by Crippen LogP contribution is -2.01. The van der Waals surface area contributed by atoms with Crippen LogP contribution in [0.2, 0.25) is 5.15 Å². The van der Waals surface area contributed by atoms with Crippen LogP contribution < -0.4 is 5.32 Å². The monoisotopic (exact) mass is 299 g/mol. The molecule has 1 aliphatic carbocycles. The molecule has 0 bridgehead atoms. The Labute approximate surface area is 127 Å². The first-order chi connectivity index (χ1) is 10.3. The van der Waals surface area contributed by atoms with E-state index in [-0.39, 0.29) is 0 Å². The number of hydrogen-bond acceptors (Lipinski definition) is 4. The molecule has 3 aromatic rings. The van der Waals surface area contributed by atoms with Crippen molar-refractivity contribution in [2.75, 3.05) is 5.32 Å². The van der Waals surface area contributed by atoms with Gasteiger partial charge in [0.15, 0.2) is 5.15 Å². The number of pyridine rings is 1. The molecule has 0 atom stereocenters. The Morgan fingerprint density at radius 2 is 2.19 bits per heavy atom. The maximum atomic E-state index is 5.99. The van der Waals surface area contributed by atoms with Crippen LogP contribution >= 0.6 is 11.6 Å². The molecule has 0 amide bonds. The van der Waals surface area contributed by atoms with Crippen molar-refractivity contribution in [2.24, 2.45) is 0 Å². The van der Waals surface area contributed by atoms with Crippen LogP contribution in [0.5, 0.6) is 0 Å². The van der Waals surface area contributed by atoms with Gasteiger partial charge < -0.3 is 9.72 Å². The zero-order valence-corrected chi connectivity index (χ0v) is 12.1. The number of halogens is 1. The van der Waals surface area contributed by atoms with Gasteiger partial charge in [0.2, 0.25) is 0 Å². The highest BCUT2D eigenvalue weighted by Gasteiger charge is 2.23. The van der Waals surface area contributed by atoms with Gasteiger partial charge in [-0.15, -0.1) is 0 Å². The topological polar surface area (TPSA) is 55.1 Å². The molecule has 5 nitrogen and oxygen atoms in total. The average molecular weight is 300 g/mol. The third kappa shape index (κ3) is 2.56. The second-order valence-corrected chi connectivity index (χ2v) is 5.67. The second-order valence-electron chi connectivity index (χ2n) is 5.32. The first-order valence-corrected chi connectivity index (χ1v) is 7.34. The largest absolute Gasteiger partial charge is 0.376 e. The predicted molar refractivity (Wildman–Crippen MR) is 81.5 cm³/mol. The Kier molecular flexibility index (Phi) is 3.00. The van der Waals surface area contributed by atoms with Crippen molar-refractivity contribution in [3.63, 3.8) is 0 Å². The molecule has 0 unspecified atom stereocenters. The third-order valence-corrected chi connectivity index (χ3v) is 4.00. The summed E-state index contributed by atoms with van der Waals surface area (Å²) in [4.78, 5) is 12.5. The Morgan fingerprint density at radius 3 is 3.00 bits per heavy atom. The van der Waals surface area contributed by atoms with Crippen LogP contribution in [0.25, 0.3) is 5.65 Å². The molecule has 1 aliphatic rings. The van der Waals surface area contributed by atoms with Crippen LogP contribution in [-0.2, 0) is 6.54 Å². The van der Waals surface area contributed by atoms with E-state index in [2.05, 4.69) is 43.0 Å². The van der Waals surface area contributed by atoms with E-state index in [1.807, 2.05) is 6.20 Å².